The Hall–Kier alpha value is -1.44. The fraction of sp³-hybridized carbons (Fsp3) is 0.810. The van der Waals surface area contributed by atoms with Gasteiger partial charge in [0.1, 0.15) is 5.82 Å². The number of hydrogen-bond donors (Lipinski definition) is 1. The number of nitrogens with one attached hydrogen (secondary N) is 1. The SMILES string of the molecule is CC(C)[C@H]1OCCC[C@H]1Nc1ccnc(N2CCOCC3(CCOCC3)C2)n1. The molecule has 1 spiro atoms. The smallest absolute Gasteiger partial charge is 0.227 e. The molecule has 1 N–H and O–H groups in total. The maximum Gasteiger partial charge on any atom is 0.227 e. The molecule has 0 unspecified atom stereocenters. The Bertz CT molecular complexity index is 636. The average Bonchev–Trinajstić information content (AvgIpc) is 2.92. The minimum atomic E-state index is 0.154. The third-order valence-corrected chi connectivity index (χ3v) is 6.28. The van der Waals surface area contributed by atoms with Crippen LogP contribution in [-0.4, -0.2) is 68.2 Å². The molecule has 7 heteroatoms. The first-order valence-corrected chi connectivity index (χ1v) is 10.8. The lowest BCUT2D eigenvalue weighted by Crippen LogP contribution is -2.44. The van der Waals surface area contributed by atoms with Crippen molar-refractivity contribution in [2.75, 3.05) is 56.3 Å². The van der Waals surface area contributed by atoms with Gasteiger partial charge in [-0.1, -0.05) is 13.8 Å². The number of hydrogen-bond acceptors (Lipinski definition) is 7. The van der Waals surface area contributed by atoms with Crippen molar-refractivity contribution in [3.63, 3.8) is 0 Å². The molecule has 0 radical (unpaired) electrons. The van der Waals surface area contributed by atoms with E-state index in [0.717, 1.165) is 83.6 Å². The molecule has 3 saturated heterocycles. The van der Waals surface area contributed by atoms with E-state index in [1.807, 2.05) is 12.3 Å². The van der Waals surface area contributed by atoms with Gasteiger partial charge in [0.15, 0.2) is 0 Å². The van der Waals surface area contributed by atoms with E-state index in [4.69, 9.17) is 19.2 Å². The predicted octanol–water partition coefficient (Wildman–Crippen LogP) is 2.73. The summed E-state index contributed by atoms with van der Waals surface area (Å²) < 4.78 is 17.5. The van der Waals surface area contributed by atoms with Crippen LogP contribution in [0.25, 0.3) is 0 Å². The maximum atomic E-state index is 6.02. The van der Waals surface area contributed by atoms with Gasteiger partial charge >= 0.3 is 0 Å². The molecule has 0 saturated carbocycles. The summed E-state index contributed by atoms with van der Waals surface area (Å²) in [5.41, 5.74) is 0.154. The molecule has 28 heavy (non-hydrogen) atoms. The number of ether oxygens (including phenoxy) is 3. The van der Waals surface area contributed by atoms with E-state index in [1.54, 1.807) is 0 Å². The van der Waals surface area contributed by atoms with Crippen LogP contribution < -0.4 is 10.2 Å². The van der Waals surface area contributed by atoms with Crippen molar-refractivity contribution in [1.29, 1.82) is 0 Å². The lowest BCUT2D eigenvalue weighted by Gasteiger charge is -2.38. The number of anilines is 2. The van der Waals surface area contributed by atoms with Gasteiger partial charge < -0.3 is 24.4 Å². The zero-order chi connectivity index (χ0) is 19.4. The van der Waals surface area contributed by atoms with Crippen molar-refractivity contribution in [3.05, 3.63) is 12.3 Å². The van der Waals surface area contributed by atoms with Gasteiger partial charge in [-0.25, -0.2) is 4.98 Å². The van der Waals surface area contributed by atoms with Crippen LogP contribution in [0.5, 0.6) is 0 Å². The summed E-state index contributed by atoms with van der Waals surface area (Å²) in [7, 11) is 0. The van der Waals surface area contributed by atoms with Crippen molar-refractivity contribution in [2.24, 2.45) is 11.3 Å². The van der Waals surface area contributed by atoms with Gasteiger partial charge in [-0.2, -0.15) is 4.98 Å². The van der Waals surface area contributed by atoms with Crippen LogP contribution in [-0.2, 0) is 14.2 Å². The molecule has 4 heterocycles. The first-order valence-electron chi connectivity index (χ1n) is 10.8. The number of rotatable bonds is 4. The average molecular weight is 391 g/mol. The standard InChI is InChI=1S/C21H34N4O3/c1-16(2)19-17(4-3-10-28-19)23-18-5-8-22-20(24-18)25-9-13-27-15-21(14-25)6-11-26-12-7-21/h5,8,16-17,19H,3-4,6-7,9-15H2,1-2H3,(H,22,23,24)/t17-,19-/m1/s1. The second-order valence-electron chi connectivity index (χ2n) is 8.80. The molecular weight excluding hydrogens is 356 g/mol. The van der Waals surface area contributed by atoms with Gasteiger partial charge in [-0.15, -0.1) is 0 Å². The zero-order valence-corrected chi connectivity index (χ0v) is 17.2. The summed E-state index contributed by atoms with van der Waals surface area (Å²) in [5, 5.41) is 3.62. The molecule has 156 valence electrons. The van der Waals surface area contributed by atoms with Crippen molar-refractivity contribution in [2.45, 2.75) is 51.7 Å². The van der Waals surface area contributed by atoms with E-state index in [1.165, 1.54) is 0 Å². The van der Waals surface area contributed by atoms with Crippen LogP contribution in [0.4, 0.5) is 11.8 Å². The fourth-order valence-electron chi connectivity index (χ4n) is 4.66. The summed E-state index contributed by atoms with van der Waals surface area (Å²) in [5.74, 6) is 2.16. The summed E-state index contributed by atoms with van der Waals surface area (Å²) in [4.78, 5) is 11.7. The van der Waals surface area contributed by atoms with Crippen LogP contribution in [0.2, 0.25) is 0 Å². The van der Waals surface area contributed by atoms with E-state index < -0.39 is 0 Å². The molecule has 0 bridgehead atoms. The molecule has 4 rings (SSSR count). The van der Waals surface area contributed by atoms with Gasteiger partial charge in [0.25, 0.3) is 0 Å². The third-order valence-electron chi connectivity index (χ3n) is 6.28. The molecule has 0 aromatic carbocycles. The third kappa shape index (κ3) is 4.58. The van der Waals surface area contributed by atoms with Crippen molar-refractivity contribution in [1.82, 2.24) is 9.97 Å². The molecule has 2 atom stereocenters. The van der Waals surface area contributed by atoms with E-state index >= 15 is 0 Å². The Morgan fingerprint density at radius 1 is 1.18 bits per heavy atom. The molecular formula is C21H34N4O3. The maximum absolute atomic E-state index is 6.02. The molecule has 3 aliphatic rings. The molecule has 0 amide bonds. The van der Waals surface area contributed by atoms with E-state index in [0.29, 0.717) is 12.0 Å². The van der Waals surface area contributed by atoms with Crippen LogP contribution >= 0.6 is 0 Å². The van der Waals surface area contributed by atoms with Crippen molar-refractivity contribution in [3.8, 4) is 0 Å². The number of nitrogens with zero attached hydrogens (tertiary/aromatic N) is 3. The molecule has 1 aromatic rings. The summed E-state index contributed by atoms with van der Waals surface area (Å²) in [6.45, 7) is 10.2. The van der Waals surface area contributed by atoms with Gasteiger partial charge in [-0.05, 0) is 37.7 Å². The highest BCUT2D eigenvalue weighted by molar-refractivity contribution is 5.42. The van der Waals surface area contributed by atoms with Crippen molar-refractivity contribution >= 4 is 11.8 Å². The minimum Gasteiger partial charge on any atom is -0.381 e. The molecule has 0 aliphatic carbocycles. The van der Waals surface area contributed by atoms with Gasteiger partial charge in [0, 0.05) is 44.5 Å². The van der Waals surface area contributed by atoms with Crippen LogP contribution in [0.15, 0.2) is 12.3 Å². The van der Waals surface area contributed by atoms with Gasteiger partial charge in [0.05, 0.1) is 25.4 Å². The Labute approximate surface area is 168 Å². The molecule has 7 nitrogen and oxygen atoms in total. The fourth-order valence-corrected chi connectivity index (χ4v) is 4.66. The van der Waals surface area contributed by atoms with Gasteiger partial charge in [0.2, 0.25) is 5.95 Å². The monoisotopic (exact) mass is 390 g/mol. The Morgan fingerprint density at radius 3 is 2.86 bits per heavy atom. The highest BCUT2D eigenvalue weighted by Crippen LogP contribution is 2.34. The largest absolute Gasteiger partial charge is 0.381 e. The summed E-state index contributed by atoms with van der Waals surface area (Å²) in [6.07, 6.45) is 6.37. The Kier molecular flexibility index (Phi) is 6.33. The Morgan fingerprint density at radius 2 is 2.04 bits per heavy atom. The molecule has 1 aromatic heterocycles. The molecule has 3 aliphatic heterocycles. The van der Waals surface area contributed by atoms with Crippen molar-refractivity contribution < 1.29 is 14.2 Å². The van der Waals surface area contributed by atoms with Gasteiger partial charge in [-0.3, -0.25) is 0 Å². The van der Waals surface area contributed by atoms with E-state index in [2.05, 4.69) is 29.0 Å². The molecule has 3 fully saturated rings. The lowest BCUT2D eigenvalue weighted by molar-refractivity contribution is -0.0241. The van der Waals surface area contributed by atoms with E-state index in [-0.39, 0.29) is 11.5 Å². The second-order valence-corrected chi connectivity index (χ2v) is 8.80. The first-order chi connectivity index (χ1) is 13.7. The highest BCUT2D eigenvalue weighted by Gasteiger charge is 2.37. The summed E-state index contributed by atoms with van der Waals surface area (Å²) in [6, 6.07) is 2.26. The lowest BCUT2D eigenvalue weighted by atomic mass is 9.80. The van der Waals surface area contributed by atoms with Crippen LogP contribution in [0.1, 0.15) is 39.5 Å². The normalized spacial score (nSPS) is 28.3. The van der Waals surface area contributed by atoms with Crippen LogP contribution in [0, 0.1) is 11.3 Å². The second kappa shape index (κ2) is 8.93. The predicted molar refractivity (Wildman–Crippen MR) is 109 cm³/mol. The zero-order valence-electron chi connectivity index (χ0n) is 17.2. The summed E-state index contributed by atoms with van der Waals surface area (Å²) >= 11 is 0. The quantitative estimate of drug-likeness (QED) is 0.848. The topological polar surface area (TPSA) is 68.7 Å². The minimum absolute atomic E-state index is 0.154. The first kappa shape index (κ1) is 19.9. The van der Waals surface area contributed by atoms with E-state index in [9.17, 15) is 0 Å². The highest BCUT2D eigenvalue weighted by atomic mass is 16.5. The van der Waals surface area contributed by atoms with Crippen LogP contribution in [0.3, 0.4) is 0 Å². The Balaban J connectivity index is 1.48. The number of aromatic nitrogens is 2.